The first-order valence-electron chi connectivity index (χ1n) is 5.95. The normalized spacial score (nSPS) is 25.8. The minimum absolute atomic E-state index is 0.210. The van der Waals surface area contributed by atoms with E-state index in [-0.39, 0.29) is 18.6 Å². The minimum Gasteiger partial charge on any atom is -0.459 e. The second-order valence-corrected chi connectivity index (χ2v) is 5.36. The van der Waals surface area contributed by atoms with E-state index in [9.17, 15) is 4.79 Å². The highest BCUT2D eigenvalue weighted by atomic mass is 16.6. The van der Waals surface area contributed by atoms with Crippen LogP contribution in [0.25, 0.3) is 0 Å². The lowest BCUT2D eigenvalue weighted by molar-refractivity contribution is -0.153. The zero-order chi connectivity index (χ0) is 12.2. The Hall–Kier alpha value is -0.610. The molecule has 0 spiro atoms. The lowest BCUT2D eigenvalue weighted by Gasteiger charge is -2.20. The molecule has 0 saturated carbocycles. The van der Waals surface area contributed by atoms with Gasteiger partial charge in [0.15, 0.2) is 0 Å². The summed E-state index contributed by atoms with van der Waals surface area (Å²) in [5, 5.41) is 3.07. The van der Waals surface area contributed by atoms with E-state index in [1.54, 1.807) is 0 Å². The van der Waals surface area contributed by atoms with Gasteiger partial charge in [0.25, 0.3) is 0 Å². The number of carbonyl (C=O) groups is 1. The molecule has 2 atom stereocenters. The Morgan fingerprint density at radius 1 is 1.44 bits per heavy atom. The molecule has 0 radical (unpaired) electrons. The van der Waals surface area contributed by atoms with Crippen LogP contribution in [-0.4, -0.2) is 36.9 Å². The molecule has 1 rings (SSSR count). The summed E-state index contributed by atoms with van der Waals surface area (Å²) in [7, 11) is 0. The molecule has 0 aliphatic carbocycles. The topological polar surface area (TPSA) is 47.6 Å². The number of carbonyl (C=O) groups excluding carboxylic acids is 1. The Bertz CT molecular complexity index is 235. The van der Waals surface area contributed by atoms with Crippen LogP contribution in [0.2, 0.25) is 0 Å². The van der Waals surface area contributed by atoms with E-state index in [1.165, 1.54) is 0 Å². The van der Waals surface area contributed by atoms with E-state index in [0.717, 1.165) is 19.4 Å². The van der Waals surface area contributed by atoms with Gasteiger partial charge in [-0.15, -0.1) is 0 Å². The average Bonchev–Trinajstić information content (AvgIpc) is 2.48. The summed E-state index contributed by atoms with van der Waals surface area (Å²) < 4.78 is 10.8. The molecule has 0 aromatic heterocycles. The molecule has 1 saturated heterocycles. The highest BCUT2D eigenvalue weighted by Crippen LogP contribution is 2.18. The molecule has 2 unspecified atom stereocenters. The van der Waals surface area contributed by atoms with Crippen molar-refractivity contribution in [1.29, 1.82) is 0 Å². The van der Waals surface area contributed by atoms with Crippen LogP contribution in [-0.2, 0) is 14.3 Å². The van der Waals surface area contributed by atoms with E-state index in [1.807, 2.05) is 20.8 Å². The van der Waals surface area contributed by atoms with Crippen LogP contribution in [0.4, 0.5) is 0 Å². The van der Waals surface area contributed by atoms with Gasteiger partial charge in [0.05, 0.1) is 18.8 Å². The Morgan fingerprint density at radius 2 is 2.12 bits per heavy atom. The quantitative estimate of drug-likeness (QED) is 0.742. The van der Waals surface area contributed by atoms with Gasteiger partial charge in [-0.25, -0.2) is 0 Å². The molecule has 1 N–H and O–H groups in total. The maximum absolute atomic E-state index is 11.4. The van der Waals surface area contributed by atoms with Crippen molar-refractivity contribution in [2.45, 2.75) is 58.3 Å². The molecule has 94 valence electrons. The summed E-state index contributed by atoms with van der Waals surface area (Å²) in [5.41, 5.74) is -0.406. The Labute approximate surface area is 97.7 Å². The highest BCUT2D eigenvalue weighted by Gasteiger charge is 2.22. The van der Waals surface area contributed by atoms with Crippen molar-refractivity contribution in [2.24, 2.45) is 0 Å². The van der Waals surface area contributed by atoms with Gasteiger partial charge in [-0.2, -0.15) is 0 Å². The largest absolute Gasteiger partial charge is 0.459 e. The van der Waals surface area contributed by atoms with Gasteiger partial charge < -0.3 is 14.8 Å². The molecule has 16 heavy (non-hydrogen) atoms. The zero-order valence-electron chi connectivity index (χ0n) is 10.7. The van der Waals surface area contributed by atoms with Gasteiger partial charge in [-0.05, 0) is 40.5 Å². The first-order valence-corrected chi connectivity index (χ1v) is 5.95. The van der Waals surface area contributed by atoms with Gasteiger partial charge in [-0.1, -0.05) is 0 Å². The average molecular weight is 229 g/mol. The molecule has 1 fully saturated rings. The van der Waals surface area contributed by atoms with Crippen molar-refractivity contribution in [1.82, 2.24) is 5.32 Å². The van der Waals surface area contributed by atoms with Crippen LogP contribution in [0.1, 0.15) is 40.5 Å². The van der Waals surface area contributed by atoms with E-state index in [4.69, 9.17) is 9.47 Å². The fraction of sp³-hybridized carbons (Fsp3) is 0.917. The molecule has 0 aromatic carbocycles. The zero-order valence-corrected chi connectivity index (χ0v) is 10.7. The number of nitrogens with one attached hydrogen (secondary N) is 1. The standard InChI is InChI=1S/C12H23NO3/c1-9-5-6-10(15-9)7-13-8-11(14)16-12(2,3)4/h9-10,13H,5-8H2,1-4H3. The Balaban J connectivity index is 2.09. The van der Waals surface area contributed by atoms with E-state index in [0.29, 0.717) is 6.10 Å². The first kappa shape index (κ1) is 13.5. The van der Waals surface area contributed by atoms with Crippen LogP contribution >= 0.6 is 0 Å². The summed E-state index contributed by atoms with van der Waals surface area (Å²) in [6.07, 6.45) is 2.78. The molecule has 1 heterocycles. The van der Waals surface area contributed by atoms with Gasteiger partial charge in [-0.3, -0.25) is 4.79 Å². The van der Waals surface area contributed by atoms with Crippen molar-refractivity contribution < 1.29 is 14.3 Å². The smallest absolute Gasteiger partial charge is 0.320 e. The fourth-order valence-electron chi connectivity index (χ4n) is 1.75. The second kappa shape index (κ2) is 5.64. The van der Waals surface area contributed by atoms with Crippen LogP contribution in [0.15, 0.2) is 0 Å². The Morgan fingerprint density at radius 3 is 2.62 bits per heavy atom. The fourth-order valence-corrected chi connectivity index (χ4v) is 1.75. The maximum atomic E-state index is 11.4. The molecular weight excluding hydrogens is 206 g/mol. The van der Waals surface area contributed by atoms with Crippen LogP contribution in [0.5, 0.6) is 0 Å². The van der Waals surface area contributed by atoms with Gasteiger partial charge in [0.1, 0.15) is 5.60 Å². The van der Waals surface area contributed by atoms with Crippen molar-refractivity contribution in [3.63, 3.8) is 0 Å². The van der Waals surface area contributed by atoms with E-state index >= 15 is 0 Å². The molecule has 4 heteroatoms. The first-order chi connectivity index (χ1) is 7.37. The van der Waals surface area contributed by atoms with Crippen molar-refractivity contribution in [3.05, 3.63) is 0 Å². The van der Waals surface area contributed by atoms with E-state index in [2.05, 4.69) is 12.2 Å². The predicted molar refractivity (Wildman–Crippen MR) is 62.3 cm³/mol. The number of ether oxygens (including phenoxy) is 2. The molecule has 0 amide bonds. The van der Waals surface area contributed by atoms with Gasteiger partial charge >= 0.3 is 5.97 Å². The predicted octanol–water partition coefficient (Wildman–Crippen LogP) is 1.49. The molecule has 1 aliphatic heterocycles. The highest BCUT2D eigenvalue weighted by molar-refractivity contribution is 5.72. The van der Waals surface area contributed by atoms with Crippen LogP contribution < -0.4 is 5.32 Å². The summed E-state index contributed by atoms with van der Waals surface area (Å²) in [6, 6.07) is 0. The third-order valence-electron chi connectivity index (χ3n) is 2.38. The van der Waals surface area contributed by atoms with Crippen molar-refractivity contribution in [3.8, 4) is 0 Å². The second-order valence-electron chi connectivity index (χ2n) is 5.36. The lowest BCUT2D eigenvalue weighted by Crippen LogP contribution is -2.35. The SMILES string of the molecule is CC1CCC(CNCC(=O)OC(C)(C)C)O1. The summed E-state index contributed by atoms with van der Waals surface area (Å²) in [5.74, 6) is -0.210. The minimum atomic E-state index is -0.406. The molecule has 4 nitrogen and oxygen atoms in total. The summed E-state index contributed by atoms with van der Waals surface area (Å²) in [4.78, 5) is 11.4. The van der Waals surface area contributed by atoms with Gasteiger partial charge in [0, 0.05) is 6.54 Å². The molecule has 0 bridgehead atoms. The van der Waals surface area contributed by atoms with Crippen LogP contribution in [0.3, 0.4) is 0 Å². The third kappa shape index (κ3) is 5.47. The van der Waals surface area contributed by atoms with Gasteiger partial charge in [0.2, 0.25) is 0 Å². The summed E-state index contributed by atoms with van der Waals surface area (Å²) >= 11 is 0. The number of hydrogen-bond donors (Lipinski definition) is 1. The monoisotopic (exact) mass is 229 g/mol. The van der Waals surface area contributed by atoms with Crippen LogP contribution in [0, 0.1) is 0 Å². The number of hydrogen-bond acceptors (Lipinski definition) is 4. The third-order valence-corrected chi connectivity index (χ3v) is 2.38. The van der Waals surface area contributed by atoms with E-state index < -0.39 is 5.60 Å². The molecule has 0 aromatic rings. The number of esters is 1. The molecule has 1 aliphatic rings. The molecular formula is C12H23NO3. The van der Waals surface area contributed by atoms with Crippen molar-refractivity contribution in [2.75, 3.05) is 13.1 Å². The summed E-state index contributed by atoms with van der Waals surface area (Å²) in [6.45, 7) is 8.66. The number of rotatable bonds is 4. The van der Waals surface area contributed by atoms with Crippen molar-refractivity contribution >= 4 is 5.97 Å². The Kier molecular flexibility index (Phi) is 4.74. The lowest BCUT2D eigenvalue weighted by atomic mass is 10.2. The maximum Gasteiger partial charge on any atom is 0.320 e.